The van der Waals surface area contributed by atoms with Gasteiger partial charge in [0.25, 0.3) is 5.91 Å². The molecule has 0 radical (unpaired) electrons. The van der Waals surface area contributed by atoms with Gasteiger partial charge in [-0.05, 0) is 43.3 Å². The van der Waals surface area contributed by atoms with Crippen molar-refractivity contribution in [3.8, 4) is 5.75 Å². The molecule has 2 amide bonds. The van der Waals surface area contributed by atoms with Gasteiger partial charge in [0, 0.05) is 29.4 Å². The van der Waals surface area contributed by atoms with E-state index in [1.54, 1.807) is 59.9 Å². The summed E-state index contributed by atoms with van der Waals surface area (Å²) in [5.41, 5.74) is 2.33. The molecule has 8 nitrogen and oxygen atoms in total. The van der Waals surface area contributed by atoms with E-state index in [9.17, 15) is 9.59 Å². The first-order chi connectivity index (χ1) is 15.0. The molecule has 0 aliphatic rings. The highest BCUT2D eigenvalue weighted by Gasteiger charge is 2.10. The second-order valence-electron chi connectivity index (χ2n) is 6.46. The summed E-state index contributed by atoms with van der Waals surface area (Å²) < 4.78 is 15.5. The summed E-state index contributed by atoms with van der Waals surface area (Å²) in [4.78, 5) is 28.8. The summed E-state index contributed by atoms with van der Waals surface area (Å²) in [7, 11) is 1.52. The van der Waals surface area contributed by atoms with Crippen LogP contribution in [-0.2, 0) is 16.1 Å². The highest BCUT2D eigenvalue weighted by atomic mass is 32.1. The highest BCUT2D eigenvalue weighted by molar-refractivity contribution is 7.09. The quantitative estimate of drug-likeness (QED) is 0.475. The Balaban J connectivity index is 1.57. The average molecular weight is 442 g/mol. The summed E-state index contributed by atoms with van der Waals surface area (Å²) in [6.07, 6.45) is -0.597. The number of thiazole rings is 1. The van der Waals surface area contributed by atoms with E-state index >= 15 is 0 Å². The summed E-state index contributed by atoms with van der Waals surface area (Å²) in [6, 6.07) is 13.7. The van der Waals surface area contributed by atoms with E-state index in [0.29, 0.717) is 35.9 Å². The third-order valence-electron chi connectivity index (χ3n) is 4.04. The lowest BCUT2D eigenvalue weighted by Gasteiger charge is -2.10. The van der Waals surface area contributed by atoms with Crippen molar-refractivity contribution in [3.63, 3.8) is 0 Å². The van der Waals surface area contributed by atoms with E-state index in [1.807, 2.05) is 12.3 Å². The van der Waals surface area contributed by atoms with Crippen LogP contribution >= 0.6 is 11.3 Å². The van der Waals surface area contributed by atoms with E-state index in [-0.39, 0.29) is 12.5 Å². The van der Waals surface area contributed by atoms with E-state index in [4.69, 9.17) is 14.2 Å². The Morgan fingerprint density at radius 1 is 1.03 bits per heavy atom. The maximum Gasteiger partial charge on any atom is 0.411 e. The largest absolute Gasteiger partial charge is 0.487 e. The number of nitrogens with zero attached hydrogens (tertiary/aromatic N) is 1. The number of nitrogens with one attached hydrogen (secondary N) is 2. The molecule has 0 aliphatic carbocycles. The van der Waals surface area contributed by atoms with Crippen molar-refractivity contribution < 1.29 is 23.8 Å². The first-order valence-corrected chi connectivity index (χ1v) is 10.4. The maximum atomic E-state index is 12.6. The molecule has 0 saturated heterocycles. The van der Waals surface area contributed by atoms with Crippen molar-refractivity contribution in [1.29, 1.82) is 0 Å². The summed E-state index contributed by atoms with van der Waals surface area (Å²) in [6.45, 7) is 2.74. The van der Waals surface area contributed by atoms with Gasteiger partial charge in [-0.1, -0.05) is 12.1 Å². The summed E-state index contributed by atoms with van der Waals surface area (Å²) in [5.74, 6) is 0.280. The number of hydrogen-bond acceptors (Lipinski definition) is 7. The Kier molecular flexibility index (Phi) is 7.97. The molecule has 0 saturated carbocycles. The van der Waals surface area contributed by atoms with Gasteiger partial charge in [-0.25, -0.2) is 9.78 Å². The zero-order valence-electron chi connectivity index (χ0n) is 17.2. The first-order valence-electron chi connectivity index (χ1n) is 9.51. The molecule has 2 N–H and O–H groups in total. The maximum absolute atomic E-state index is 12.6. The van der Waals surface area contributed by atoms with Crippen LogP contribution in [0.1, 0.15) is 21.1 Å². The number of anilines is 2. The van der Waals surface area contributed by atoms with Gasteiger partial charge in [-0.15, -0.1) is 11.3 Å². The second-order valence-corrected chi connectivity index (χ2v) is 7.53. The molecule has 0 unspecified atom stereocenters. The van der Waals surface area contributed by atoms with Gasteiger partial charge in [0.1, 0.15) is 19.0 Å². The molecule has 31 heavy (non-hydrogen) atoms. The van der Waals surface area contributed by atoms with Crippen molar-refractivity contribution in [3.05, 3.63) is 70.2 Å². The fourth-order valence-corrected chi connectivity index (χ4v) is 3.21. The molecule has 9 heteroatoms. The van der Waals surface area contributed by atoms with Gasteiger partial charge in [0.2, 0.25) is 0 Å². The third-order valence-corrected chi connectivity index (χ3v) is 4.86. The Morgan fingerprint density at radius 3 is 2.55 bits per heavy atom. The van der Waals surface area contributed by atoms with E-state index in [2.05, 4.69) is 15.6 Å². The van der Waals surface area contributed by atoms with Crippen LogP contribution in [0.4, 0.5) is 16.2 Å². The normalized spacial score (nSPS) is 10.4. The molecule has 0 fully saturated rings. The van der Waals surface area contributed by atoms with Crippen LogP contribution in [-0.4, -0.2) is 37.3 Å². The Morgan fingerprint density at radius 2 is 1.81 bits per heavy atom. The molecule has 3 rings (SSSR count). The fourth-order valence-electron chi connectivity index (χ4n) is 2.61. The number of amides is 2. The molecule has 162 valence electrons. The monoisotopic (exact) mass is 441 g/mol. The molecule has 0 bridgehead atoms. The van der Waals surface area contributed by atoms with Crippen LogP contribution in [0.3, 0.4) is 0 Å². The molecule has 2 aromatic carbocycles. The molecular weight excluding hydrogens is 418 g/mol. The number of ether oxygens (including phenoxy) is 3. The topological polar surface area (TPSA) is 98.8 Å². The average Bonchev–Trinajstić information content (AvgIpc) is 3.18. The van der Waals surface area contributed by atoms with Gasteiger partial charge in [-0.2, -0.15) is 0 Å². The summed E-state index contributed by atoms with van der Waals surface area (Å²) >= 11 is 1.56. The number of carbonyl (C=O) groups excluding carboxylic acids is 2. The lowest BCUT2D eigenvalue weighted by molar-refractivity contribution is 0.102. The van der Waals surface area contributed by atoms with E-state index < -0.39 is 6.09 Å². The predicted octanol–water partition coefficient (Wildman–Crippen LogP) is 4.48. The van der Waals surface area contributed by atoms with Crippen LogP contribution in [0, 0.1) is 6.92 Å². The molecule has 0 atom stereocenters. The van der Waals surface area contributed by atoms with Crippen molar-refractivity contribution in [2.45, 2.75) is 13.5 Å². The fraction of sp³-hybridized carbons (Fsp3) is 0.227. The standard InChI is InChI=1S/C22H23N3O5S/c1-15-23-19(14-31-15)13-30-20-8-3-5-16(11-20)21(26)24-17-6-4-7-18(12-17)25-22(27)29-10-9-28-2/h3-8,11-12,14H,9-10,13H2,1-2H3,(H,24,26)(H,25,27). The van der Waals surface area contributed by atoms with Gasteiger partial charge >= 0.3 is 6.09 Å². The van der Waals surface area contributed by atoms with Gasteiger partial charge in [0.15, 0.2) is 0 Å². The minimum absolute atomic E-state index is 0.152. The highest BCUT2D eigenvalue weighted by Crippen LogP contribution is 2.19. The van der Waals surface area contributed by atoms with Crippen molar-refractivity contribution in [2.24, 2.45) is 0 Å². The van der Waals surface area contributed by atoms with Crippen molar-refractivity contribution in [2.75, 3.05) is 31.0 Å². The number of methoxy groups -OCH3 is 1. The molecule has 0 aliphatic heterocycles. The lowest BCUT2D eigenvalue weighted by Crippen LogP contribution is -2.17. The Bertz CT molecular complexity index is 1040. The van der Waals surface area contributed by atoms with E-state index in [1.165, 1.54) is 7.11 Å². The number of aryl methyl sites for hydroxylation is 1. The number of rotatable bonds is 9. The molecule has 0 spiro atoms. The third kappa shape index (κ3) is 7.09. The zero-order chi connectivity index (χ0) is 22.1. The van der Waals surface area contributed by atoms with Crippen molar-refractivity contribution in [1.82, 2.24) is 4.98 Å². The Labute approximate surface area is 184 Å². The zero-order valence-corrected chi connectivity index (χ0v) is 18.0. The van der Waals surface area contributed by atoms with Crippen LogP contribution in [0.5, 0.6) is 5.75 Å². The van der Waals surface area contributed by atoms with Crippen LogP contribution < -0.4 is 15.4 Å². The van der Waals surface area contributed by atoms with Gasteiger partial charge in [0.05, 0.1) is 17.3 Å². The van der Waals surface area contributed by atoms with Crippen LogP contribution in [0.15, 0.2) is 53.9 Å². The summed E-state index contributed by atoms with van der Waals surface area (Å²) in [5, 5.41) is 8.34. The molecule has 1 aromatic heterocycles. The number of carbonyl (C=O) groups is 2. The van der Waals surface area contributed by atoms with Crippen LogP contribution in [0.25, 0.3) is 0 Å². The molecular formula is C22H23N3O5S. The molecule has 3 aromatic rings. The first kappa shape index (κ1) is 22.3. The van der Waals surface area contributed by atoms with Gasteiger partial charge in [-0.3, -0.25) is 10.1 Å². The smallest absolute Gasteiger partial charge is 0.411 e. The minimum atomic E-state index is -0.597. The number of aromatic nitrogens is 1. The Hall–Kier alpha value is -3.43. The molecule has 1 heterocycles. The van der Waals surface area contributed by atoms with Gasteiger partial charge < -0.3 is 19.5 Å². The second kappa shape index (κ2) is 11.1. The number of benzene rings is 2. The lowest BCUT2D eigenvalue weighted by atomic mass is 10.2. The van der Waals surface area contributed by atoms with E-state index in [0.717, 1.165) is 10.7 Å². The minimum Gasteiger partial charge on any atom is -0.487 e. The van der Waals surface area contributed by atoms with Crippen molar-refractivity contribution >= 4 is 34.7 Å². The SMILES string of the molecule is COCCOC(=O)Nc1cccc(NC(=O)c2cccc(OCc3csc(C)n3)c2)c1. The number of hydrogen-bond donors (Lipinski definition) is 2. The predicted molar refractivity (Wildman–Crippen MR) is 119 cm³/mol. The van der Waals surface area contributed by atoms with Crippen LogP contribution in [0.2, 0.25) is 0 Å².